The normalized spacial score (nSPS) is 18.0. The molecule has 1 aliphatic rings. The van der Waals surface area contributed by atoms with E-state index < -0.39 is 0 Å². The van der Waals surface area contributed by atoms with E-state index in [4.69, 9.17) is 9.15 Å². The van der Waals surface area contributed by atoms with Crippen molar-refractivity contribution in [2.75, 3.05) is 14.2 Å². The second-order valence-corrected chi connectivity index (χ2v) is 7.73. The minimum atomic E-state index is -0.102. The van der Waals surface area contributed by atoms with E-state index in [1.54, 1.807) is 20.2 Å². The Labute approximate surface area is 165 Å². The molecule has 0 aliphatic carbocycles. The van der Waals surface area contributed by atoms with Crippen LogP contribution in [0.4, 0.5) is 5.69 Å². The van der Waals surface area contributed by atoms with E-state index >= 15 is 0 Å². The number of methoxy groups -OCH3 is 1. The summed E-state index contributed by atoms with van der Waals surface area (Å²) in [4.78, 5) is 19.0. The molecule has 1 aromatic heterocycles. The van der Waals surface area contributed by atoms with Crippen LogP contribution in [-0.4, -0.2) is 30.1 Å². The maximum Gasteiger partial charge on any atom is 0.266 e. The van der Waals surface area contributed by atoms with Gasteiger partial charge in [-0.3, -0.25) is 9.69 Å². The zero-order valence-electron chi connectivity index (χ0n) is 12.7. The van der Waals surface area contributed by atoms with Gasteiger partial charge in [0, 0.05) is 13.1 Å². The molecule has 0 N–H and O–H groups in total. The first-order valence-corrected chi connectivity index (χ1v) is 9.52. The van der Waals surface area contributed by atoms with E-state index in [0.717, 1.165) is 15.0 Å². The van der Waals surface area contributed by atoms with E-state index in [-0.39, 0.29) is 5.91 Å². The van der Waals surface area contributed by atoms with Crippen molar-refractivity contribution in [3.63, 3.8) is 0 Å². The fourth-order valence-electron chi connectivity index (χ4n) is 1.98. The summed E-state index contributed by atoms with van der Waals surface area (Å²) in [5, 5.41) is 0.622. The number of likely N-dealkylation sites (N-methyl/N-ethyl adjacent to an activating group) is 1. The quantitative estimate of drug-likeness (QED) is 0.429. The minimum Gasteiger partial charge on any atom is -0.497 e. The van der Waals surface area contributed by atoms with Crippen LogP contribution in [0.5, 0.6) is 5.75 Å². The van der Waals surface area contributed by atoms with Crippen LogP contribution in [0.15, 0.2) is 49.3 Å². The second kappa shape index (κ2) is 7.32. The monoisotopic (exact) mass is 518 g/mol. The maximum absolute atomic E-state index is 12.4. The molecule has 24 heavy (non-hydrogen) atoms. The molecule has 3 rings (SSSR count). The predicted molar refractivity (Wildman–Crippen MR) is 108 cm³/mol. The van der Waals surface area contributed by atoms with Crippen molar-refractivity contribution >= 4 is 73.1 Å². The number of hydrogen-bond donors (Lipinski definition) is 0. The SMILES string of the molecule is COc1ccc(N=C2S/C(=C\c3cc(I)c(Br)o3)C(=O)N2C)cc1. The van der Waals surface area contributed by atoms with Crippen LogP contribution in [0, 0.1) is 3.57 Å². The summed E-state index contributed by atoms with van der Waals surface area (Å²) in [6, 6.07) is 9.22. The third-order valence-corrected chi connectivity index (χ3v) is 6.43. The van der Waals surface area contributed by atoms with Crippen molar-refractivity contribution in [3.8, 4) is 5.75 Å². The third kappa shape index (κ3) is 3.70. The van der Waals surface area contributed by atoms with Gasteiger partial charge in [-0.2, -0.15) is 0 Å². The zero-order valence-corrected chi connectivity index (χ0v) is 17.3. The summed E-state index contributed by atoms with van der Waals surface area (Å²) in [6.07, 6.45) is 1.73. The fraction of sp³-hybridized carbons (Fsp3) is 0.125. The molecule has 0 spiro atoms. The third-order valence-electron chi connectivity index (χ3n) is 3.24. The Balaban J connectivity index is 1.86. The Morgan fingerprint density at radius 3 is 2.67 bits per heavy atom. The number of aliphatic imine (C=N–C) groups is 1. The summed E-state index contributed by atoms with van der Waals surface area (Å²) < 4.78 is 12.3. The van der Waals surface area contributed by atoms with Gasteiger partial charge in [0.25, 0.3) is 5.91 Å². The molecule has 1 fully saturated rings. The lowest BCUT2D eigenvalue weighted by Crippen LogP contribution is -2.23. The highest BCUT2D eigenvalue weighted by Gasteiger charge is 2.30. The van der Waals surface area contributed by atoms with Gasteiger partial charge >= 0.3 is 0 Å². The number of carbonyl (C=O) groups excluding carboxylic acids is 1. The summed E-state index contributed by atoms with van der Waals surface area (Å²) >= 11 is 6.80. The number of halogens is 2. The molecular weight excluding hydrogens is 507 g/mol. The predicted octanol–water partition coefficient (Wildman–Crippen LogP) is 4.89. The lowest BCUT2D eigenvalue weighted by Gasteiger charge is -2.07. The van der Waals surface area contributed by atoms with E-state index in [1.165, 1.54) is 16.7 Å². The van der Waals surface area contributed by atoms with Gasteiger partial charge < -0.3 is 9.15 Å². The summed E-state index contributed by atoms with van der Waals surface area (Å²) in [5.41, 5.74) is 0.759. The number of benzene rings is 1. The lowest BCUT2D eigenvalue weighted by atomic mass is 10.3. The van der Waals surface area contributed by atoms with Crippen LogP contribution < -0.4 is 4.74 Å². The molecule has 0 unspecified atom stereocenters. The van der Waals surface area contributed by atoms with Crippen LogP contribution in [0.25, 0.3) is 6.08 Å². The van der Waals surface area contributed by atoms with Crippen molar-refractivity contribution in [2.45, 2.75) is 0 Å². The Morgan fingerprint density at radius 1 is 1.38 bits per heavy atom. The number of furan rings is 1. The first kappa shape index (κ1) is 17.6. The fourth-order valence-corrected chi connectivity index (χ4v) is 3.67. The van der Waals surface area contributed by atoms with Crippen molar-refractivity contribution in [2.24, 2.45) is 4.99 Å². The van der Waals surface area contributed by atoms with Gasteiger partial charge in [-0.15, -0.1) is 0 Å². The Kier molecular flexibility index (Phi) is 5.36. The zero-order chi connectivity index (χ0) is 17.3. The highest BCUT2D eigenvalue weighted by molar-refractivity contribution is 14.1. The number of ether oxygens (including phenoxy) is 1. The van der Waals surface area contributed by atoms with Crippen molar-refractivity contribution in [1.82, 2.24) is 4.90 Å². The Bertz CT molecular complexity index is 826. The van der Waals surface area contributed by atoms with Crippen LogP contribution in [0.3, 0.4) is 0 Å². The van der Waals surface area contributed by atoms with Gasteiger partial charge in [0.2, 0.25) is 0 Å². The van der Waals surface area contributed by atoms with Crippen molar-refractivity contribution < 1.29 is 13.9 Å². The van der Waals surface area contributed by atoms with Crippen molar-refractivity contribution in [1.29, 1.82) is 0 Å². The molecule has 1 aromatic carbocycles. The van der Waals surface area contributed by atoms with Gasteiger partial charge in [0.1, 0.15) is 11.5 Å². The highest BCUT2D eigenvalue weighted by atomic mass is 127. The molecule has 2 heterocycles. The number of amides is 1. The van der Waals surface area contributed by atoms with E-state index in [9.17, 15) is 4.79 Å². The number of carbonyl (C=O) groups is 1. The molecule has 0 bridgehead atoms. The largest absolute Gasteiger partial charge is 0.497 e. The standard InChI is InChI=1S/C16H12BrIN2O3S/c1-20-15(21)13(8-11-7-12(18)14(17)23-11)24-16(20)19-9-3-5-10(22-2)6-4-9/h3-8H,1-2H3/b13-8-,19-16?. The Hall–Kier alpha value is -1.26. The molecule has 2 aromatic rings. The Morgan fingerprint density at radius 2 is 2.08 bits per heavy atom. The molecule has 124 valence electrons. The molecule has 0 radical (unpaired) electrons. The van der Waals surface area contributed by atoms with Crippen LogP contribution in [0.2, 0.25) is 0 Å². The lowest BCUT2D eigenvalue weighted by molar-refractivity contribution is -0.121. The number of amidine groups is 1. The molecule has 0 atom stereocenters. The van der Waals surface area contributed by atoms with E-state index in [0.29, 0.717) is 20.5 Å². The molecule has 1 amide bonds. The average molecular weight is 519 g/mol. The van der Waals surface area contributed by atoms with Crippen LogP contribution in [-0.2, 0) is 4.79 Å². The molecule has 8 heteroatoms. The van der Waals surface area contributed by atoms with Gasteiger partial charge in [-0.1, -0.05) is 0 Å². The number of hydrogen-bond acceptors (Lipinski definition) is 5. The first-order valence-electron chi connectivity index (χ1n) is 6.83. The summed E-state index contributed by atoms with van der Waals surface area (Å²) in [7, 11) is 3.33. The summed E-state index contributed by atoms with van der Waals surface area (Å²) in [6.45, 7) is 0. The van der Waals surface area contributed by atoms with E-state index in [2.05, 4.69) is 43.5 Å². The van der Waals surface area contributed by atoms with E-state index in [1.807, 2.05) is 30.3 Å². The smallest absolute Gasteiger partial charge is 0.266 e. The molecule has 5 nitrogen and oxygen atoms in total. The molecular formula is C16H12BrIN2O3S. The van der Waals surface area contributed by atoms with Gasteiger partial charge in [-0.25, -0.2) is 4.99 Å². The number of thioether (sulfide) groups is 1. The highest BCUT2D eigenvalue weighted by Crippen LogP contribution is 2.34. The van der Waals surface area contributed by atoms with Gasteiger partial charge in [-0.05, 0) is 80.6 Å². The van der Waals surface area contributed by atoms with Gasteiger partial charge in [0.05, 0.1) is 21.3 Å². The molecule has 1 saturated heterocycles. The number of rotatable bonds is 3. The topological polar surface area (TPSA) is 55.0 Å². The van der Waals surface area contributed by atoms with Gasteiger partial charge in [0.15, 0.2) is 9.84 Å². The maximum atomic E-state index is 12.4. The second-order valence-electron chi connectivity index (χ2n) is 4.84. The number of nitrogens with zero attached hydrogens (tertiary/aromatic N) is 2. The first-order chi connectivity index (χ1) is 11.5. The van der Waals surface area contributed by atoms with Crippen LogP contribution >= 0.6 is 50.3 Å². The molecule has 0 saturated carbocycles. The molecule has 1 aliphatic heterocycles. The minimum absolute atomic E-state index is 0.102. The van der Waals surface area contributed by atoms with Crippen LogP contribution in [0.1, 0.15) is 5.76 Å². The average Bonchev–Trinajstić information content (AvgIpc) is 3.02. The summed E-state index contributed by atoms with van der Waals surface area (Å²) in [5.74, 6) is 1.29. The van der Waals surface area contributed by atoms with Crippen molar-refractivity contribution in [3.05, 3.63) is 49.2 Å².